The third-order valence-electron chi connectivity index (χ3n) is 6.29. The van der Waals surface area contributed by atoms with Crippen molar-refractivity contribution in [1.82, 2.24) is 30.0 Å². The predicted molar refractivity (Wildman–Crippen MR) is 143 cm³/mol. The van der Waals surface area contributed by atoms with Gasteiger partial charge in [0.25, 0.3) is 17.5 Å². The van der Waals surface area contributed by atoms with Crippen molar-refractivity contribution in [3.8, 4) is 0 Å². The van der Waals surface area contributed by atoms with Crippen LogP contribution in [0.25, 0.3) is 11.2 Å². The number of hydrogen-bond acceptors (Lipinski definition) is 14. The van der Waals surface area contributed by atoms with Gasteiger partial charge in [0, 0.05) is 12.7 Å². The largest absolute Gasteiger partial charge is 0.490 e. The van der Waals surface area contributed by atoms with Crippen LogP contribution >= 0.6 is 35.7 Å². The highest BCUT2D eigenvalue weighted by molar-refractivity contribution is 7.71. The first-order valence-corrected chi connectivity index (χ1v) is 17.1. The number of nitrogens with two attached hydrogens (primary N) is 1. The fraction of sp³-hybridized carbons (Fsp3) is 0.500. The van der Waals surface area contributed by atoms with Gasteiger partial charge in [-0.1, -0.05) is 12.2 Å². The standard InChI is InChI=1S/C18H25N8O14P3S/c1-7-3-8(24-25(7)2)4-20-14(27)17-37-11-9(5-35-42(31,32)40-43(33,34)39-41(28,29)30)36-16(12(11)38-17)26-6-21-10-13(26)22-18(19)23-15(10)44/h3,6,9,11-12,16-17H,4-5H2,1-2H3,(H8,19,20,22,23,27,28,29,30,31,32,33,34,44)/p+1. The number of amides is 1. The molecule has 5 heterocycles. The van der Waals surface area contributed by atoms with Gasteiger partial charge in [0.1, 0.15) is 18.3 Å². The number of phosphoric ester groups is 1. The van der Waals surface area contributed by atoms with E-state index in [9.17, 15) is 28.3 Å². The molecule has 3 aromatic heterocycles. The number of nitrogen functional groups attached to an aromatic ring is 1. The minimum absolute atomic E-state index is 0.0276. The molecule has 0 bridgehead atoms. The fourth-order valence-electron chi connectivity index (χ4n) is 4.47. The smallest absolute Gasteiger partial charge is 0.356 e. The van der Waals surface area contributed by atoms with Gasteiger partial charge in [-0.05, 0) is 13.0 Å². The van der Waals surface area contributed by atoms with E-state index in [1.54, 1.807) is 17.8 Å². The molecule has 2 aliphatic heterocycles. The van der Waals surface area contributed by atoms with Crippen LogP contribution in [0.1, 0.15) is 17.6 Å². The van der Waals surface area contributed by atoms with Crippen molar-refractivity contribution in [1.29, 1.82) is 0 Å². The lowest BCUT2D eigenvalue weighted by molar-refractivity contribution is -0.745. The van der Waals surface area contributed by atoms with Crippen LogP contribution in [0.4, 0.5) is 5.95 Å². The number of imidazole rings is 1. The van der Waals surface area contributed by atoms with E-state index in [4.69, 9.17) is 46.5 Å². The Kier molecular flexibility index (Phi) is 9.01. The number of carbonyl (C=O) groups is 1. The second-order valence-electron chi connectivity index (χ2n) is 9.44. The van der Waals surface area contributed by atoms with E-state index in [1.165, 1.54) is 10.9 Å². The monoisotopic (exact) mass is 703 g/mol. The van der Waals surface area contributed by atoms with E-state index >= 15 is 0 Å². The number of hydrogen-bond donors (Lipinski definition) is 8. The number of aromatic nitrogens is 6. The summed E-state index contributed by atoms with van der Waals surface area (Å²) in [4.78, 5) is 59.5. The Morgan fingerprint density at radius 2 is 1.89 bits per heavy atom. The van der Waals surface area contributed by atoms with Crippen LogP contribution < -0.4 is 15.6 Å². The molecule has 5 rings (SSSR count). The summed E-state index contributed by atoms with van der Waals surface area (Å²) in [5.41, 5.74) is 7.92. The van der Waals surface area contributed by atoms with E-state index in [-0.39, 0.29) is 17.1 Å². The van der Waals surface area contributed by atoms with Crippen LogP contribution in [0.3, 0.4) is 0 Å². The van der Waals surface area contributed by atoms with Gasteiger partial charge in [0.05, 0.1) is 18.8 Å². The SMILES string of the molecule is Cc1cc(CNC(=O)C2OC3C(COP(=O)(O)OP(=O)(O)OP(=O)(O)O)OC([n+]4c[nH]c5c(=S)nc(N)[nH]c54)C3O2)nn1C. The molecule has 7 atom stereocenters. The minimum Gasteiger partial charge on any atom is -0.356 e. The normalized spacial score (nSPS) is 26.4. The second kappa shape index (κ2) is 12.0. The summed E-state index contributed by atoms with van der Waals surface area (Å²) in [6, 6.07) is 1.77. The second-order valence-corrected chi connectivity index (χ2v) is 14.2. The van der Waals surface area contributed by atoms with Crippen LogP contribution in [-0.4, -0.2) is 81.4 Å². The molecule has 44 heavy (non-hydrogen) atoms. The highest BCUT2D eigenvalue weighted by Gasteiger charge is 2.57. The van der Waals surface area contributed by atoms with Gasteiger partial charge in [-0.3, -0.25) is 19.0 Å². The molecule has 9 N–H and O–H groups in total. The molecule has 2 fully saturated rings. The van der Waals surface area contributed by atoms with Crippen molar-refractivity contribution in [2.45, 2.75) is 44.3 Å². The lowest BCUT2D eigenvalue weighted by Crippen LogP contribution is -2.46. The van der Waals surface area contributed by atoms with Crippen LogP contribution in [0.15, 0.2) is 12.4 Å². The quantitative estimate of drug-likeness (QED) is 0.0688. The predicted octanol–water partition coefficient (Wildman–Crippen LogP) is -0.801. The van der Waals surface area contributed by atoms with Crippen LogP contribution in [0.2, 0.25) is 0 Å². The number of ether oxygens (including phenoxy) is 3. The van der Waals surface area contributed by atoms with Gasteiger partial charge < -0.3 is 44.8 Å². The molecule has 242 valence electrons. The van der Waals surface area contributed by atoms with E-state index in [0.29, 0.717) is 16.9 Å². The van der Waals surface area contributed by atoms with Crippen molar-refractivity contribution in [3.05, 3.63) is 28.4 Å². The van der Waals surface area contributed by atoms with Crippen molar-refractivity contribution >= 4 is 58.7 Å². The average Bonchev–Trinajstić information content (AvgIpc) is 3.63. The van der Waals surface area contributed by atoms with Gasteiger partial charge in [-0.2, -0.15) is 18.7 Å². The van der Waals surface area contributed by atoms with E-state index in [0.717, 1.165) is 5.69 Å². The van der Waals surface area contributed by atoms with Gasteiger partial charge >= 0.3 is 23.5 Å². The van der Waals surface area contributed by atoms with Gasteiger partial charge in [-0.25, -0.2) is 23.2 Å². The summed E-state index contributed by atoms with van der Waals surface area (Å²) in [6.07, 6.45) is -4.63. The lowest BCUT2D eigenvalue weighted by Gasteiger charge is -2.21. The summed E-state index contributed by atoms with van der Waals surface area (Å²) < 4.78 is 68.1. The number of fused-ring (bicyclic) bond motifs is 2. The number of aromatic amines is 2. The Hall–Kier alpha value is -2.46. The van der Waals surface area contributed by atoms with E-state index < -0.39 is 66.8 Å². The first kappa shape index (κ1) is 32.9. The number of H-pyrrole nitrogens is 2. The Morgan fingerprint density at radius 3 is 2.55 bits per heavy atom. The van der Waals surface area contributed by atoms with Crippen LogP contribution in [-0.2, 0) is 59.4 Å². The summed E-state index contributed by atoms with van der Waals surface area (Å²) in [5.74, 6) is -0.704. The number of phosphoric acid groups is 3. The number of aryl methyl sites for hydroxylation is 2. The molecule has 0 aliphatic carbocycles. The third-order valence-corrected chi connectivity index (χ3v) is 10.4. The third kappa shape index (κ3) is 7.33. The zero-order chi connectivity index (χ0) is 32.2. The molecule has 0 saturated carbocycles. The molecule has 0 spiro atoms. The Bertz CT molecular complexity index is 1770. The Balaban J connectivity index is 1.35. The molecular formula is C18H26N8O14P3S+. The number of nitrogens with zero attached hydrogens (tertiary/aromatic N) is 4. The topological polar surface area (TPSA) is 309 Å². The Morgan fingerprint density at radius 1 is 1.18 bits per heavy atom. The summed E-state index contributed by atoms with van der Waals surface area (Å²) in [5, 5.41) is 6.90. The molecule has 3 aromatic rings. The first-order valence-electron chi connectivity index (χ1n) is 12.2. The Labute approximate surface area is 250 Å². The highest BCUT2D eigenvalue weighted by atomic mass is 32.1. The fourth-order valence-corrected chi connectivity index (χ4v) is 7.76. The zero-order valence-electron chi connectivity index (χ0n) is 22.4. The zero-order valence-corrected chi connectivity index (χ0v) is 25.9. The van der Waals surface area contributed by atoms with Gasteiger partial charge in [-0.15, -0.1) is 0 Å². The molecule has 26 heteroatoms. The minimum atomic E-state index is -5.76. The van der Waals surface area contributed by atoms with Crippen molar-refractivity contribution in [2.24, 2.45) is 7.05 Å². The maximum absolute atomic E-state index is 13.0. The van der Waals surface area contributed by atoms with Crippen LogP contribution in [0, 0.1) is 11.6 Å². The molecule has 22 nitrogen and oxygen atoms in total. The molecular weight excluding hydrogens is 677 g/mol. The van der Waals surface area contributed by atoms with Crippen molar-refractivity contribution in [2.75, 3.05) is 12.3 Å². The number of carbonyl (C=O) groups excluding carboxylic acids is 1. The maximum atomic E-state index is 13.0. The highest BCUT2D eigenvalue weighted by Crippen LogP contribution is 2.66. The number of nitrogens with one attached hydrogen (secondary N) is 3. The van der Waals surface area contributed by atoms with Crippen molar-refractivity contribution in [3.63, 3.8) is 0 Å². The molecule has 0 aromatic carbocycles. The number of rotatable bonds is 11. The average molecular weight is 703 g/mol. The molecule has 2 saturated heterocycles. The first-order chi connectivity index (χ1) is 20.4. The number of anilines is 1. The maximum Gasteiger partial charge on any atom is 0.490 e. The van der Waals surface area contributed by atoms with E-state index in [2.05, 4.69) is 34.0 Å². The summed E-state index contributed by atoms with van der Waals surface area (Å²) in [7, 11) is -15.1. The molecule has 1 amide bonds. The summed E-state index contributed by atoms with van der Waals surface area (Å²) in [6.45, 7) is 1.02. The summed E-state index contributed by atoms with van der Waals surface area (Å²) >= 11 is 5.23. The molecule has 0 radical (unpaired) electrons. The van der Waals surface area contributed by atoms with Crippen LogP contribution in [0.5, 0.6) is 0 Å². The van der Waals surface area contributed by atoms with Crippen molar-refractivity contribution < 1.29 is 70.0 Å². The molecule has 2 aliphatic rings. The van der Waals surface area contributed by atoms with Gasteiger partial charge in [0.15, 0.2) is 11.0 Å². The van der Waals surface area contributed by atoms with E-state index in [1.807, 2.05) is 6.92 Å². The lowest BCUT2D eigenvalue weighted by atomic mass is 10.1. The van der Waals surface area contributed by atoms with Gasteiger partial charge in [0.2, 0.25) is 18.0 Å². The molecule has 7 unspecified atom stereocenters.